The van der Waals surface area contributed by atoms with Crippen LogP contribution in [0.2, 0.25) is 0 Å². The van der Waals surface area contributed by atoms with E-state index in [0.717, 1.165) is 21.2 Å². The van der Waals surface area contributed by atoms with Crippen LogP contribution in [-0.4, -0.2) is 54.6 Å². The van der Waals surface area contributed by atoms with E-state index in [1.54, 1.807) is 0 Å². The topological polar surface area (TPSA) is 149 Å². The van der Waals surface area contributed by atoms with Gasteiger partial charge < -0.3 is 24.9 Å². The van der Waals surface area contributed by atoms with E-state index in [4.69, 9.17) is 10.3 Å². The lowest BCUT2D eigenvalue weighted by atomic mass is 10.0. The molecule has 1 heterocycles. The van der Waals surface area contributed by atoms with Gasteiger partial charge in [0.15, 0.2) is 6.04 Å². The number of benzene rings is 2. The van der Waals surface area contributed by atoms with Gasteiger partial charge in [-0.3, -0.25) is 4.79 Å². The van der Waals surface area contributed by atoms with Crippen LogP contribution in [0.1, 0.15) is 12.0 Å². The van der Waals surface area contributed by atoms with Gasteiger partial charge in [0.05, 0.1) is 7.11 Å². The van der Waals surface area contributed by atoms with E-state index in [1.807, 2.05) is 42.5 Å². The number of hydrogen-bond acceptors (Lipinski definition) is 7. The minimum absolute atomic E-state index is 0.0255. The highest BCUT2D eigenvalue weighted by molar-refractivity contribution is 5.90. The summed E-state index contributed by atoms with van der Waals surface area (Å²) in [4.78, 5) is 40.3. The first kappa shape index (κ1) is 20.9. The molecule has 2 aromatic rings. The standard InChI is InChI=1S/C20H21N5O5/c1-30-19(27)16(11-12-6-7-13-4-2-3-5-14(13)10-12)22-18(26)17-15(23-24-21)8-9-25(17)20(28)29/h2-7,10,15-17,21H,8-9,11H2,1H3,(H-,22,26,28,29). The summed E-state index contributed by atoms with van der Waals surface area (Å²) in [7, 11) is 1.21. The molecule has 1 aliphatic rings. The van der Waals surface area contributed by atoms with Crippen molar-refractivity contribution < 1.29 is 24.2 Å². The van der Waals surface area contributed by atoms with E-state index in [9.17, 15) is 19.5 Å². The van der Waals surface area contributed by atoms with Crippen molar-refractivity contribution in [2.45, 2.75) is 31.0 Å². The summed E-state index contributed by atoms with van der Waals surface area (Å²) in [5.74, 6) is -1.38. The average Bonchev–Trinajstić information content (AvgIpc) is 3.17. The maximum atomic E-state index is 12.9. The van der Waals surface area contributed by atoms with Crippen LogP contribution < -0.4 is 15.3 Å². The number of rotatable bonds is 6. The zero-order chi connectivity index (χ0) is 21.7. The first-order chi connectivity index (χ1) is 14.4. The van der Waals surface area contributed by atoms with Gasteiger partial charge in [0.1, 0.15) is 28.8 Å². The lowest BCUT2D eigenvalue weighted by Crippen LogP contribution is -2.56. The molecule has 0 aromatic heterocycles. The number of amides is 2. The normalized spacial score (nSPS) is 19.0. The Kier molecular flexibility index (Phi) is 6.38. The van der Waals surface area contributed by atoms with Crippen molar-refractivity contribution in [1.82, 2.24) is 15.1 Å². The summed E-state index contributed by atoms with van der Waals surface area (Å²) in [6, 6.07) is 10.3. The molecule has 2 amide bonds. The molecule has 10 heteroatoms. The Labute approximate surface area is 172 Å². The third-order valence-electron chi connectivity index (χ3n) is 5.13. The monoisotopic (exact) mass is 411 g/mol. The highest BCUT2D eigenvalue weighted by Crippen LogP contribution is 2.21. The summed E-state index contributed by atoms with van der Waals surface area (Å²) in [5.41, 5.74) is 7.70. The van der Waals surface area contributed by atoms with E-state index >= 15 is 0 Å². The highest BCUT2D eigenvalue weighted by atomic mass is 16.5. The first-order valence-corrected chi connectivity index (χ1v) is 9.34. The number of carbonyl (C=O) groups is 3. The number of carboxylic acid groups (broad SMARTS) is 1. The van der Waals surface area contributed by atoms with Crippen molar-refractivity contribution in [2.24, 2.45) is 5.11 Å². The second-order valence-corrected chi connectivity index (χ2v) is 6.95. The van der Waals surface area contributed by atoms with Gasteiger partial charge in [-0.2, -0.15) is 0 Å². The third kappa shape index (κ3) is 4.44. The van der Waals surface area contributed by atoms with Crippen molar-refractivity contribution in [3.63, 3.8) is 0 Å². The third-order valence-corrected chi connectivity index (χ3v) is 5.13. The molecule has 10 nitrogen and oxygen atoms in total. The summed E-state index contributed by atoms with van der Waals surface area (Å²) in [5, 5.41) is 19.6. The largest absolute Gasteiger partial charge is 0.530 e. The van der Waals surface area contributed by atoms with Crippen LogP contribution in [0.3, 0.4) is 0 Å². The summed E-state index contributed by atoms with van der Waals surface area (Å²) in [6.07, 6.45) is -1.14. The molecule has 1 fully saturated rings. The molecule has 3 rings (SSSR count). The molecule has 2 N–H and O–H groups in total. The SMILES string of the molecule is COC(=O)C(Cc1ccc2ccccc2c1)NC(=O)C1C(N=[N+]=N)CCN1C(=O)[O-]. The Morgan fingerprint density at radius 2 is 2.03 bits per heavy atom. The number of fused-ring (bicyclic) bond motifs is 1. The van der Waals surface area contributed by atoms with Gasteiger partial charge in [0.2, 0.25) is 10.8 Å². The van der Waals surface area contributed by atoms with Gasteiger partial charge >= 0.3 is 5.97 Å². The maximum Gasteiger partial charge on any atom is 0.328 e. The van der Waals surface area contributed by atoms with Gasteiger partial charge in [-0.05, 0) is 22.8 Å². The Morgan fingerprint density at radius 1 is 1.30 bits per heavy atom. The lowest BCUT2D eigenvalue weighted by Gasteiger charge is -2.28. The van der Waals surface area contributed by atoms with Crippen LogP contribution in [0.5, 0.6) is 0 Å². The second kappa shape index (κ2) is 9.15. The molecule has 30 heavy (non-hydrogen) atoms. The number of nitrogens with one attached hydrogen (secondary N) is 2. The van der Waals surface area contributed by atoms with Gasteiger partial charge in [-0.1, -0.05) is 42.5 Å². The predicted molar refractivity (Wildman–Crippen MR) is 103 cm³/mol. The molecule has 156 valence electrons. The maximum absolute atomic E-state index is 12.9. The van der Waals surface area contributed by atoms with Crippen molar-refractivity contribution in [3.8, 4) is 0 Å². The molecule has 2 aromatic carbocycles. The van der Waals surface area contributed by atoms with Crippen molar-refractivity contribution in [2.75, 3.05) is 13.7 Å². The molecular weight excluding hydrogens is 390 g/mol. The number of esters is 1. The zero-order valence-electron chi connectivity index (χ0n) is 16.3. The lowest BCUT2D eigenvalue weighted by molar-refractivity contribution is -0.266. The van der Waals surface area contributed by atoms with E-state index in [0.29, 0.717) is 0 Å². The van der Waals surface area contributed by atoms with E-state index in [-0.39, 0.29) is 19.4 Å². The average molecular weight is 411 g/mol. The summed E-state index contributed by atoms with van der Waals surface area (Å²) >= 11 is 0. The van der Waals surface area contributed by atoms with Gasteiger partial charge in [0.25, 0.3) is 0 Å². The second-order valence-electron chi connectivity index (χ2n) is 6.95. The Morgan fingerprint density at radius 3 is 2.70 bits per heavy atom. The molecule has 1 aliphatic heterocycles. The minimum Gasteiger partial charge on any atom is -0.530 e. The van der Waals surface area contributed by atoms with Crippen molar-refractivity contribution in [3.05, 3.63) is 48.0 Å². The van der Waals surface area contributed by atoms with E-state index in [1.165, 1.54) is 7.11 Å². The molecule has 0 radical (unpaired) electrons. The van der Waals surface area contributed by atoms with Gasteiger partial charge in [-0.25, -0.2) is 4.79 Å². The van der Waals surface area contributed by atoms with Crippen molar-refractivity contribution in [1.29, 1.82) is 5.53 Å². The first-order valence-electron chi connectivity index (χ1n) is 9.34. The number of hydrogen-bond donors (Lipinski definition) is 2. The molecule has 0 aliphatic carbocycles. The molecule has 0 bridgehead atoms. The number of methoxy groups -OCH3 is 1. The molecular formula is C20H21N5O5. The summed E-state index contributed by atoms with van der Waals surface area (Å²) in [6.45, 7) is 0.0255. The Hall–Kier alpha value is -3.78. The number of nitrogens with zero attached hydrogens (tertiary/aromatic N) is 3. The fraction of sp³-hybridized carbons (Fsp3) is 0.350. The van der Waals surface area contributed by atoms with Gasteiger partial charge in [0, 0.05) is 13.0 Å². The van der Waals surface area contributed by atoms with Crippen LogP contribution in [0.15, 0.2) is 47.6 Å². The highest BCUT2D eigenvalue weighted by Gasteiger charge is 2.43. The Balaban J connectivity index is 1.82. The minimum atomic E-state index is -1.53. The van der Waals surface area contributed by atoms with Crippen LogP contribution in [-0.2, 0) is 20.7 Å². The summed E-state index contributed by atoms with van der Waals surface area (Å²) < 4.78 is 4.82. The van der Waals surface area contributed by atoms with Crippen LogP contribution >= 0.6 is 0 Å². The van der Waals surface area contributed by atoms with E-state index in [2.05, 4.69) is 15.3 Å². The quantitative estimate of drug-likeness (QED) is 0.400. The zero-order valence-corrected chi connectivity index (χ0v) is 16.3. The number of likely N-dealkylation sites (tertiary alicyclic amines) is 1. The van der Waals surface area contributed by atoms with Crippen LogP contribution in [0.25, 0.3) is 10.8 Å². The van der Waals surface area contributed by atoms with Gasteiger partial charge in [-0.15, -0.1) is 0 Å². The molecule has 0 spiro atoms. The van der Waals surface area contributed by atoms with Crippen LogP contribution in [0, 0.1) is 5.53 Å². The molecule has 1 saturated heterocycles. The van der Waals surface area contributed by atoms with Crippen molar-refractivity contribution >= 4 is 28.7 Å². The number of ether oxygens (including phenoxy) is 1. The van der Waals surface area contributed by atoms with Crippen LogP contribution in [0.4, 0.5) is 4.79 Å². The number of carbonyl (C=O) groups excluding carboxylic acids is 3. The molecule has 3 unspecified atom stereocenters. The molecule has 3 atom stereocenters. The fourth-order valence-electron chi connectivity index (χ4n) is 3.69. The smallest absolute Gasteiger partial charge is 0.328 e. The molecule has 0 saturated carbocycles. The predicted octanol–water partition coefficient (Wildman–Crippen LogP) is 0.377. The Bertz CT molecular complexity index is 1010. The fourth-order valence-corrected chi connectivity index (χ4v) is 3.69. The van der Waals surface area contributed by atoms with E-state index < -0.39 is 36.1 Å².